The fraction of sp³-hybridized carbons (Fsp3) is 0.538. The van der Waals surface area contributed by atoms with E-state index in [2.05, 4.69) is 31.8 Å². The Morgan fingerprint density at radius 2 is 2.26 bits per heavy atom. The lowest BCUT2D eigenvalue weighted by Gasteiger charge is -2.12. The largest absolute Gasteiger partial charge is 0.348 e. The van der Waals surface area contributed by atoms with Crippen molar-refractivity contribution in [3.8, 4) is 12.3 Å². The number of nitrogens with one attached hydrogen (secondary N) is 2. The highest BCUT2D eigenvalue weighted by molar-refractivity contribution is 7.13. The first-order chi connectivity index (χ1) is 9.29. The Labute approximate surface area is 117 Å². The summed E-state index contributed by atoms with van der Waals surface area (Å²) >= 11 is 1.68. The highest BCUT2D eigenvalue weighted by atomic mass is 32.1. The van der Waals surface area contributed by atoms with Crippen LogP contribution < -0.4 is 15.5 Å². The van der Waals surface area contributed by atoms with Crippen LogP contribution in [-0.2, 0) is 6.42 Å². The summed E-state index contributed by atoms with van der Waals surface area (Å²) in [4.78, 5) is 18.2. The van der Waals surface area contributed by atoms with Gasteiger partial charge < -0.3 is 15.5 Å². The molecule has 2 amide bonds. The predicted molar refractivity (Wildman–Crippen MR) is 77.5 cm³/mol. The quantitative estimate of drug-likeness (QED) is 0.796. The molecule has 0 atom stereocenters. The molecule has 0 aromatic carbocycles. The molecule has 2 rings (SSSR count). The maximum absolute atomic E-state index is 11.3. The van der Waals surface area contributed by atoms with Crippen LogP contribution in [-0.4, -0.2) is 37.2 Å². The molecule has 1 aliphatic heterocycles. The smallest absolute Gasteiger partial charge is 0.315 e. The molecule has 2 heterocycles. The first-order valence-corrected chi connectivity index (χ1v) is 7.32. The normalized spacial score (nSPS) is 14.2. The minimum atomic E-state index is -0.229. The maximum Gasteiger partial charge on any atom is 0.315 e. The Morgan fingerprint density at radius 3 is 3.00 bits per heavy atom. The molecule has 2 N–H and O–H groups in total. The van der Waals surface area contributed by atoms with Crippen molar-refractivity contribution in [1.82, 2.24) is 15.6 Å². The van der Waals surface area contributed by atoms with E-state index in [1.807, 2.05) is 0 Å². The molecule has 0 spiro atoms. The van der Waals surface area contributed by atoms with Crippen molar-refractivity contribution in [3.63, 3.8) is 0 Å². The molecule has 1 fully saturated rings. The number of carbonyl (C=O) groups excluding carboxylic acids is 1. The summed E-state index contributed by atoms with van der Waals surface area (Å²) < 4.78 is 0. The molecule has 1 aromatic rings. The fourth-order valence-corrected chi connectivity index (χ4v) is 2.88. The lowest BCUT2D eigenvalue weighted by atomic mass is 10.3. The Bertz CT molecular complexity index is 459. The van der Waals surface area contributed by atoms with Crippen molar-refractivity contribution in [2.45, 2.75) is 19.3 Å². The van der Waals surface area contributed by atoms with Gasteiger partial charge in [-0.25, -0.2) is 9.78 Å². The predicted octanol–water partition coefficient (Wildman–Crippen LogP) is 1.22. The minimum Gasteiger partial charge on any atom is -0.348 e. The molecule has 1 aliphatic rings. The van der Waals surface area contributed by atoms with Gasteiger partial charge in [-0.2, -0.15) is 0 Å². The molecule has 0 aliphatic carbocycles. The van der Waals surface area contributed by atoms with Gasteiger partial charge in [0.25, 0.3) is 0 Å². The van der Waals surface area contributed by atoms with Gasteiger partial charge in [0.05, 0.1) is 12.2 Å². The zero-order chi connectivity index (χ0) is 13.5. The number of urea groups is 1. The number of carbonyl (C=O) groups is 1. The third kappa shape index (κ3) is 4.14. The van der Waals surface area contributed by atoms with Crippen molar-refractivity contribution in [3.05, 3.63) is 11.1 Å². The minimum absolute atomic E-state index is 0.229. The molecular weight excluding hydrogens is 260 g/mol. The summed E-state index contributed by atoms with van der Waals surface area (Å²) in [6.45, 7) is 3.04. The number of thiazole rings is 1. The van der Waals surface area contributed by atoms with Crippen LogP contribution >= 0.6 is 11.3 Å². The average molecular weight is 278 g/mol. The van der Waals surface area contributed by atoms with Gasteiger partial charge in [0.15, 0.2) is 5.13 Å². The molecule has 5 nitrogen and oxygen atoms in total. The van der Waals surface area contributed by atoms with Gasteiger partial charge in [-0.05, 0) is 12.8 Å². The van der Waals surface area contributed by atoms with Gasteiger partial charge in [0, 0.05) is 31.4 Å². The van der Waals surface area contributed by atoms with Crippen LogP contribution in [0.4, 0.5) is 9.93 Å². The summed E-state index contributed by atoms with van der Waals surface area (Å²) in [6, 6.07) is -0.229. The van der Waals surface area contributed by atoms with E-state index in [0.29, 0.717) is 6.54 Å². The van der Waals surface area contributed by atoms with Crippen molar-refractivity contribution in [2.75, 3.05) is 31.1 Å². The number of rotatable bonds is 5. The van der Waals surface area contributed by atoms with Crippen LogP contribution in [0.1, 0.15) is 18.5 Å². The number of hydrogen-bond donors (Lipinski definition) is 2. The summed E-state index contributed by atoms with van der Waals surface area (Å²) in [5.41, 5.74) is 1.03. The van der Waals surface area contributed by atoms with E-state index in [-0.39, 0.29) is 12.6 Å². The molecule has 1 aromatic heterocycles. The second kappa shape index (κ2) is 7.00. The second-order valence-corrected chi connectivity index (χ2v) is 5.22. The van der Waals surface area contributed by atoms with Gasteiger partial charge in [-0.3, -0.25) is 0 Å². The highest BCUT2D eigenvalue weighted by Gasteiger charge is 2.15. The van der Waals surface area contributed by atoms with Crippen LogP contribution in [0.25, 0.3) is 0 Å². The number of hydrogen-bond acceptors (Lipinski definition) is 4. The lowest BCUT2D eigenvalue weighted by molar-refractivity contribution is 0.242. The van der Waals surface area contributed by atoms with E-state index in [9.17, 15) is 4.79 Å². The van der Waals surface area contributed by atoms with Gasteiger partial charge in [-0.15, -0.1) is 17.8 Å². The topological polar surface area (TPSA) is 57.3 Å². The Hall–Kier alpha value is -1.74. The molecule has 1 saturated heterocycles. The summed E-state index contributed by atoms with van der Waals surface area (Å²) in [7, 11) is 0. The van der Waals surface area contributed by atoms with E-state index in [4.69, 9.17) is 6.42 Å². The first-order valence-electron chi connectivity index (χ1n) is 6.44. The van der Waals surface area contributed by atoms with Crippen LogP contribution in [0.15, 0.2) is 5.38 Å². The Balaban J connectivity index is 1.71. The lowest BCUT2D eigenvalue weighted by Crippen LogP contribution is -2.36. The van der Waals surface area contributed by atoms with Crippen LogP contribution in [0.5, 0.6) is 0 Å². The molecule has 6 heteroatoms. The summed E-state index contributed by atoms with van der Waals surface area (Å²) in [5, 5.41) is 8.47. The zero-order valence-electron chi connectivity index (χ0n) is 10.8. The molecule has 0 unspecified atom stereocenters. The van der Waals surface area contributed by atoms with E-state index in [1.165, 1.54) is 12.8 Å². The van der Waals surface area contributed by atoms with Crippen LogP contribution in [0.3, 0.4) is 0 Å². The molecule has 0 bridgehead atoms. The molecule has 19 heavy (non-hydrogen) atoms. The first kappa shape index (κ1) is 13.7. The van der Waals surface area contributed by atoms with Crippen molar-refractivity contribution in [2.24, 2.45) is 0 Å². The molecule has 102 valence electrons. The third-order valence-electron chi connectivity index (χ3n) is 2.93. The number of aromatic nitrogens is 1. The zero-order valence-corrected chi connectivity index (χ0v) is 11.6. The van der Waals surface area contributed by atoms with Crippen molar-refractivity contribution >= 4 is 22.5 Å². The molecule has 0 radical (unpaired) electrons. The third-order valence-corrected chi connectivity index (χ3v) is 3.88. The van der Waals surface area contributed by atoms with Crippen molar-refractivity contribution in [1.29, 1.82) is 0 Å². The highest BCUT2D eigenvalue weighted by Crippen LogP contribution is 2.24. The fourth-order valence-electron chi connectivity index (χ4n) is 1.96. The molecular formula is C13H18N4OS. The number of nitrogens with zero attached hydrogens (tertiary/aromatic N) is 2. The summed E-state index contributed by atoms with van der Waals surface area (Å²) in [6.07, 6.45) is 8.31. The maximum atomic E-state index is 11.3. The van der Waals surface area contributed by atoms with E-state index >= 15 is 0 Å². The van der Waals surface area contributed by atoms with Gasteiger partial charge in [0.2, 0.25) is 0 Å². The van der Waals surface area contributed by atoms with Gasteiger partial charge in [-0.1, -0.05) is 5.92 Å². The van der Waals surface area contributed by atoms with E-state index in [0.717, 1.165) is 30.3 Å². The van der Waals surface area contributed by atoms with Gasteiger partial charge >= 0.3 is 6.03 Å². The Morgan fingerprint density at radius 1 is 1.47 bits per heavy atom. The standard InChI is InChI=1S/C13H18N4OS/c1-2-6-14-12(18)15-7-5-11-10-19-13(16-11)17-8-3-4-9-17/h1,10H,3-9H2,(H2,14,15,18). The summed E-state index contributed by atoms with van der Waals surface area (Å²) in [5.74, 6) is 2.35. The second-order valence-electron chi connectivity index (χ2n) is 4.38. The number of terminal acetylenes is 1. The van der Waals surface area contributed by atoms with Crippen LogP contribution in [0, 0.1) is 12.3 Å². The van der Waals surface area contributed by atoms with Gasteiger partial charge in [0.1, 0.15) is 0 Å². The monoisotopic (exact) mass is 278 g/mol. The SMILES string of the molecule is C#CCNC(=O)NCCc1csc(N2CCCC2)n1. The number of anilines is 1. The van der Waals surface area contributed by atoms with E-state index in [1.54, 1.807) is 11.3 Å². The van der Waals surface area contributed by atoms with E-state index < -0.39 is 0 Å². The average Bonchev–Trinajstić information content (AvgIpc) is 3.06. The number of amides is 2. The van der Waals surface area contributed by atoms with Crippen molar-refractivity contribution < 1.29 is 4.79 Å². The molecule has 0 saturated carbocycles. The Kier molecular flexibility index (Phi) is 5.04. The van der Waals surface area contributed by atoms with Crippen LogP contribution in [0.2, 0.25) is 0 Å².